The molecule has 118 valence electrons. The predicted octanol–water partition coefficient (Wildman–Crippen LogP) is 0.360. The molecule has 1 aliphatic carbocycles. The van der Waals surface area contributed by atoms with E-state index in [0.717, 1.165) is 12.8 Å². The van der Waals surface area contributed by atoms with Crippen molar-refractivity contribution in [3.05, 3.63) is 22.4 Å². The van der Waals surface area contributed by atoms with Crippen LogP contribution in [0.25, 0.3) is 0 Å². The third kappa shape index (κ3) is 2.78. The van der Waals surface area contributed by atoms with Crippen LogP contribution in [0.1, 0.15) is 12.8 Å². The van der Waals surface area contributed by atoms with Crippen LogP contribution in [0.5, 0.6) is 0 Å². The summed E-state index contributed by atoms with van der Waals surface area (Å²) in [7, 11) is 0. The molecule has 22 heavy (non-hydrogen) atoms. The molecule has 2 aliphatic rings. The van der Waals surface area contributed by atoms with Crippen molar-refractivity contribution in [2.24, 2.45) is 17.8 Å². The highest BCUT2D eigenvalue weighted by molar-refractivity contribution is 5.79. The van der Waals surface area contributed by atoms with E-state index in [1.165, 1.54) is 21.8 Å². The highest BCUT2D eigenvalue weighted by Crippen LogP contribution is 2.44. The monoisotopic (exact) mass is 308 g/mol. The zero-order valence-electron chi connectivity index (χ0n) is 11.8. The van der Waals surface area contributed by atoms with E-state index >= 15 is 0 Å². The first-order valence-corrected chi connectivity index (χ1v) is 7.14. The molecule has 0 aromatic carbocycles. The SMILES string of the molecule is O=C(O)[C@H]1CN(C(=O)Cn2ccc([N+](=O)[O-])n2)C[C@@H]1C1CC1. The number of carbonyl (C=O) groups is 2. The summed E-state index contributed by atoms with van der Waals surface area (Å²) in [5, 5.41) is 23.5. The number of hydrogen-bond donors (Lipinski definition) is 1. The van der Waals surface area contributed by atoms with E-state index in [1.54, 1.807) is 0 Å². The summed E-state index contributed by atoms with van der Waals surface area (Å²) in [6.07, 6.45) is 3.43. The molecule has 1 N–H and O–H groups in total. The molecule has 3 rings (SSSR count). The predicted molar refractivity (Wildman–Crippen MR) is 72.8 cm³/mol. The maximum Gasteiger partial charge on any atom is 0.389 e. The largest absolute Gasteiger partial charge is 0.481 e. The highest BCUT2D eigenvalue weighted by Gasteiger charge is 2.46. The number of rotatable bonds is 5. The molecule has 1 amide bonds. The Morgan fingerprint density at radius 2 is 2.14 bits per heavy atom. The van der Waals surface area contributed by atoms with Gasteiger partial charge in [0.25, 0.3) is 0 Å². The fourth-order valence-corrected chi connectivity index (χ4v) is 3.07. The van der Waals surface area contributed by atoms with Gasteiger partial charge in [0.15, 0.2) is 0 Å². The summed E-state index contributed by atoms with van der Waals surface area (Å²) in [4.78, 5) is 35.1. The number of aliphatic carboxylic acids is 1. The van der Waals surface area contributed by atoms with Gasteiger partial charge in [0.1, 0.15) is 6.54 Å². The number of nitrogens with zero attached hydrogens (tertiary/aromatic N) is 4. The minimum atomic E-state index is -0.859. The lowest BCUT2D eigenvalue weighted by Gasteiger charge is -2.15. The highest BCUT2D eigenvalue weighted by atomic mass is 16.6. The maximum absolute atomic E-state index is 12.3. The molecule has 1 saturated heterocycles. The Morgan fingerprint density at radius 1 is 1.41 bits per heavy atom. The summed E-state index contributed by atoms with van der Waals surface area (Å²) in [5.41, 5.74) is 0. The molecule has 2 atom stereocenters. The normalized spacial score (nSPS) is 24.5. The van der Waals surface area contributed by atoms with Gasteiger partial charge in [0, 0.05) is 13.1 Å². The van der Waals surface area contributed by atoms with E-state index in [-0.39, 0.29) is 30.7 Å². The first kappa shape index (κ1) is 14.5. The van der Waals surface area contributed by atoms with Crippen molar-refractivity contribution in [3.8, 4) is 0 Å². The second-order valence-corrected chi connectivity index (χ2v) is 5.87. The van der Waals surface area contributed by atoms with Crippen LogP contribution >= 0.6 is 0 Å². The van der Waals surface area contributed by atoms with Crippen LogP contribution in [0, 0.1) is 27.9 Å². The van der Waals surface area contributed by atoms with Gasteiger partial charge in [0.05, 0.1) is 23.3 Å². The average Bonchev–Trinajstić information content (AvgIpc) is 3.02. The molecule has 1 aromatic rings. The molecular weight excluding hydrogens is 292 g/mol. The van der Waals surface area contributed by atoms with Gasteiger partial charge >= 0.3 is 11.8 Å². The van der Waals surface area contributed by atoms with Crippen LogP contribution in [-0.2, 0) is 16.1 Å². The van der Waals surface area contributed by atoms with E-state index < -0.39 is 16.8 Å². The van der Waals surface area contributed by atoms with Crippen LogP contribution < -0.4 is 0 Å². The van der Waals surface area contributed by atoms with E-state index in [0.29, 0.717) is 12.5 Å². The number of carboxylic acid groups (broad SMARTS) is 1. The molecule has 1 saturated carbocycles. The molecule has 1 aliphatic heterocycles. The van der Waals surface area contributed by atoms with Gasteiger partial charge < -0.3 is 20.1 Å². The fraction of sp³-hybridized carbons (Fsp3) is 0.615. The van der Waals surface area contributed by atoms with Gasteiger partial charge in [-0.25, -0.2) is 0 Å². The Labute approximate surface area is 125 Å². The number of carboxylic acids is 1. The van der Waals surface area contributed by atoms with Crippen molar-refractivity contribution in [2.45, 2.75) is 19.4 Å². The Morgan fingerprint density at radius 3 is 2.68 bits per heavy atom. The van der Waals surface area contributed by atoms with Gasteiger partial charge in [0.2, 0.25) is 5.91 Å². The van der Waals surface area contributed by atoms with E-state index in [4.69, 9.17) is 0 Å². The molecule has 9 heteroatoms. The second-order valence-electron chi connectivity index (χ2n) is 5.87. The number of amides is 1. The molecule has 2 heterocycles. The van der Waals surface area contributed by atoms with Gasteiger partial charge in [-0.2, -0.15) is 4.68 Å². The van der Waals surface area contributed by atoms with Crippen molar-refractivity contribution < 1.29 is 19.6 Å². The Kier molecular flexibility index (Phi) is 3.55. The Balaban J connectivity index is 1.64. The van der Waals surface area contributed by atoms with Gasteiger partial charge in [-0.15, -0.1) is 0 Å². The third-order valence-electron chi connectivity index (χ3n) is 4.37. The number of likely N-dealkylation sites (tertiary alicyclic amines) is 1. The summed E-state index contributed by atoms with van der Waals surface area (Å²) in [6, 6.07) is 1.23. The van der Waals surface area contributed by atoms with Crippen molar-refractivity contribution in [2.75, 3.05) is 13.1 Å². The first-order chi connectivity index (χ1) is 10.5. The zero-order chi connectivity index (χ0) is 15.9. The fourth-order valence-electron chi connectivity index (χ4n) is 3.07. The molecular formula is C13H16N4O5. The quantitative estimate of drug-likeness (QED) is 0.619. The summed E-state index contributed by atoms with van der Waals surface area (Å²) < 4.78 is 1.21. The third-order valence-corrected chi connectivity index (χ3v) is 4.37. The topological polar surface area (TPSA) is 119 Å². The number of hydrogen-bond acceptors (Lipinski definition) is 5. The Bertz CT molecular complexity index is 624. The lowest BCUT2D eigenvalue weighted by atomic mass is 9.92. The van der Waals surface area contributed by atoms with Crippen LogP contribution in [-0.4, -0.2) is 49.7 Å². The molecule has 1 aromatic heterocycles. The zero-order valence-corrected chi connectivity index (χ0v) is 11.8. The van der Waals surface area contributed by atoms with Crippen LogP contribution in [0.2, 0.25) is 0 Å². The lowest BCUT2D eigenvalue weighted by Crippen LogP contribution is -2.33. The maximum atomic E-state index is 12.3. The van der Waals surface area contributed by atoms with Crippen molar-refractivity contribution in [3.63, 3.8) is 0 Å². The lowest BCUT2D eigenvalue weighted by molar-refractivity contribution is -0.389. The smallest absolute Gasteiger partial charge is 0.389 e. The van der Waals surface area contributed by atoms with Crippen molar-refractivity contribution in [1.29, 1.82) is 0 Å². The summed E-state index contributed by atoms with van der Waals surface area (Å²) in [6.45, 7) is 0.542. The van der Waals surface area contributed by atoms with E-state index in [2.05, 4.69) is 5.10 Å². The second kappa shape index (κ2) is 5.39. The number of carbonyl (C=O) groups excluding carboxylic acids is 1. The molecule has 9 nitrogen and oxygen atoms in total. The first-order valence-electron chi connectivity index (χ1n) is 7.14. The average molecular weight is 308 g/mol. The summed E-state index contributed by atoms with van der Waals surface area (Å²) in [5.74, 6) is -1.51. The number of aromatic nitrogens is 2. The van der Waals surface area contributed by atoms with E-state index in [1.807, 2.05) is 0 Å². The minimum Gasteiger partial charge on any atom is -0.481 e. The molecule has 0 spiro atoms. The van der Waals surface area contributed by atoms with Crippen LogP contribution in [0.3, 0.4) is 0 Å². The standard InChI is InChI=1S/C13H16N4O5/c18-12(7-16-4-3-11(14-16)17(21)22)15-5-9(8-1-2-8)10(6-15)13(19)20/h3-4,8-10H,1-2,5-7H2,(H,19,20)/t9-,10+/m1/s1. The minimum absolute atomic E-state index is 0.0217. The van der Waals surface area contributed by atoms with Gasteiger partial charge in [-0.05, 0) is 29.6 Å². The van der Waals surface area contributed by atoms with Crippen molar-refractivity contribution >= 4 is 17.7 Å². The summed E-state index contributed by atoms with van der Waals surface area (Å²) >= 11 is 0. The van der Waals surface area contributed by atoms with Crippen molar-refractivity contribution in [1.82, 2.24) is 14.7 Å². The Hall–Kier alpha value is -2.45. The van der Waals surface area contributed by atoms with E-state index in [9.17, 15) is 24.8 Å². The number of nitro groups is 1. The molecule has 0 unspecified atom stereocenters. The molecule has 2 fully saturated rings. The molecule has 0 radical (unpaired) electrons. The van der Waals surface area contributed by atoms with Crippen LogP contribution in [0.4, 0.5) is 5.82 Å². The van der Waals surface area contributed by atoms with Gasteiger partial charge in [-0.1, -0.05) is 0 Å². The van der Waals surface area contributed by atoms with Gasteiger partial charge in [-0.3, -0.25) is 9.59 Å². The van der Waals surface area contributed by atoms with Crippen LogP contribution in [0.15, 0.2) is 12.3 Å². The molecule has 0 bridgehead atoms.